The van der Waals surface area contributed by atoms with Crippen LogP contribution in [0.4, 0.5) is 4.39 Å². The first-order valence-electron chi connectivity index (χ1n) is 10.8. The van der Waals surface area contributed by atoms with E-state index in [1.165, 1.54) is 18.3 Å². The Labute approximate surface area is 194 Å². The number of para-hydroxylation sites is 1. The van der Waals surface area contributed by atoms with E-state index in [-0.39, 0.29) is 5.82 Å². The molecule has 0 spiro atoms. The second-order valence-electron chi connectivity index (χ2n) is 7.94. The molecule has 3 aromatic carbocycles. The zero-order chi connectivity index (χ0) is 23.1. The number of pyridine rings is 2. The number of rotatable bonds is 3. The summed E-state index contributed by atoms with van der Waals surface area (Å²) in [6.07, 6.45) is 1.43. The fourth-order valence-corrected chi connectivity index (χ4v) is 4.23. The smallest absolute Gasteiger partial charge is 0.227 e. The van der Waals surface area contributed by atoms with Gasteiger partial charge < -0.3 is 4.42 Å². The molecule has 0 bridgehead atoms. The SMILES string of the molecule is N#Cc1cc2c(nc1-c1ccc(-c3ccccc3)cc1)oc1c(-c3cc(F)ccn3)cccc12. The van der Waals surface area contributed by atoms with Crippen LogP contribution in [0.5, 0.6) is 0 Å². The normalized spacial score (nSPS) is 11.1. The van der Waals surface area contributed by atoms with Crippen LogP contribution in [-0.2, 0) is 0 Å². The van der Waals surface area contributed by atoms with Crippen LogP contribution in [-0.4, -0.2) is 9.97 Å². The van der Waals surface area contributed by atoms with Gasteiger partial charge in [0.05, 0.1) is 17.0 Å². The second-order valence-corrected chi connectivity index (χ2v) is 7.94. The zero-order valence-electron chi connectivity index (χ0n) is 17.9. The first-order chi connectivity index (χ1) is 16.7. The Morgan fingerprint density at radius 2 is 1.53 bits per heavy atom. The van der Waals surface area contributed by atoms with Crippen molar-refractivity contribution < 1.29 is 8.81 Å². The average molecular weight is 441 g/mol. The second kappa shape index (κ2) is 7.95. The lowest BCUT2D eigenvalue weighted by atomic mass is 10.00. The van der Waals surface area contributed by atoms with Gasteiger partial charge in [0.2, 0.25) is 5.71 Å². The van der Waals surface area contributed by atoms with Gasteiger partial charge in [0.25, 0.3) is 0 Å². The summed E-state index contributed by atoms with van der Waals surface area (Å²) in [7, 11) is 0. The molecule has 6 rings (SSSR count). The Balaban J connectivity index is 1.51. The standard InChI is InChI=1S/C29H16FN3O/c30-22-13-14-32-26(16-22)24-8-4-7-23-25-15-21(17-31)27(33-29(25)34-28(23)24)20-11-9-19(10-12-20)18-5-2-1-3-6-18/h1-16H. The third kappa shape index (κ3) is 3.30. The van der Waals surface area contributed by atoms with E-state index in [4.69, 9.17) is 9.40 Å². The van der Waals surface area contributed by atoms with E-state index in [1.807, 2.05) is 60.7 Å². The molecule has 0 unspecified atom stereocenters. The fourth-order valence-electron chi connectivity index (χ4n) is 4.23. The van der Waals surface area contributed by atoms with Crippen LogP contribution in [0.3, 0.4) is 0 Å². The van der Waals surface area contributed by atoms with E-state index in [9.17, 15) is 9.65 Å². The van der Waals surface area contributed by atoms with Gasteiger partial charge in [-0.1, -0.05) is 66.7 Å². The monoisotopic (exact) mass is 441 g/mol. The molecule has 0 saturated heterocycles. The number of benzene rings is 3. The Morgan fingerprint density at radius 3 is 2.29 bits per heavy atom. The fraction of sp³-hybridized carbons (Fsp3) is 0. The highest BCUT2D eigenvalue weighted by molar-refractivity contribution is 6.09. The Morgan fingerprint density at radius 1 is 0.765 bits per heavy atom. The maximum absolute atomic E-state index is 13.8. The third-order valence-electron chi connectivity index (χ3n) is 5.88. The Kier molecular flexibility index (Phi) is 4.64. The summed E-state index contributed by atoms with van der Waals surface area (Å²) in [5, 5.41) is 11.4. The lowest BCUT2D eigenvalue weighted by molar-refractivity contribution is 0.626. The molecule has 0 aliphatic carbocycles. The maximum atomic E-state index is 13.8. The Bertz CT molecular complexity index is 1720. The highest BCUT2D eigenvalue weighted by atomic mass is 19.1. The molecule has 160 valence electrons. The topological polar surface area (TPSA) is 62.7 Å². The number of hydrogen-bond acceptors (Lipinski definition) is 4. The molecule has 0 radical (unpaired) electrons. The minimum absolute atomic E-state index is 0.371. The summed E-state index contributed by atoms with van der Waals surface area (Å²) < 4.78 is 20.0. The molecule has 3 heterocycles. The minimum Gasteiger partial charge on any atom is -0.437 e. The molecule has 4 nitrogen and oxygen atoms in total. The molecule has 0 amide bonds. The van der Waals surface area contributed by atoms with Crippen molar-refractivity contribution in [3.05, 3.63) is 109 Å². The molecule has 34 heavy (non-hydrogen) atoms. The molecule has 3 aromatic heterocycles. The van der Waals surface area contributed by atoms with Gasteiger partial charge in [-0.3, -0.25) is 4.98 Å². The van der Waals surface area contributed by atoms with Gasteiger partial charge in [-0.2, -0.15) is 5.26 Å². The number of fused-ring (bicyclic) bond motifs is 3. The third-order valence-corrected chi connectivity index (χ3v) is 5.88. The number of hydrogen-bond donors (Lipinski definition) is 0. The molecule has 6 aromatic rings. The van der Waals surface area contributed by atoms with Crippen LogP contribution >= 0.6 is 0 Å². The summed E-state index contributed by atoms with van der Waals surface area (Å²) in [5.74, 6) is -0.371. The minimum atomic E-state index is -0.371. The predicted octanol–water partition coefficient (Wildman–Crippen LogP) is 7.39. The average Bonchev–Trinajstić information content (AvgIpc) is 3.26. The van der Waals surface area contributed by atoms with Crippen molar-refractivity contribution >= 4 is 22.1 Å². The van der Waals surface area contributed by atoms with Crippen molar-refractivity contribution in [1.82, 2.24) is 9.97 Å². The van der Waals surface area contributed by atoms with E-state index in [0.717, 1.165) is 27.5 Å². The van der Waals surface area contributed by atoms with E-state index in [0.29, 0.717) is 33.8 Å². The van der Waals surface area contributed by atoms with Gasteiger partial charge in [-0.05, 0) is 29.3 Å². The predicted molar refractivity (Wildman–Crippen MR) is 130 cm³/mol. The summed E-state index contributed by atoms with van der Waals surface area (Å²) in [6.45, 7) is 0. The summed E-state index contributed by atoms with van der Waals surface area (Å²) in [4.78, 5) is 9.01. The van der Waals surface area contributed by atoms with Gasteiger partial charge in [0.1, 0.15) is 17.5 Å². The largest absolute Gasteiger partial charge is 0.437 e. The van der Waals surface area contributed by atoms with Crippen molar-refractivity contribution in [3.63, 3.8) is 0 Å². The number of halogens is 1. The van der Waals surface area contributed by atoms with Crippen LogP contribution in [0.15, 0.2) is 102 Å². The summed E-state index contributed by atoms with van der Waals surface area (Å²) in [6, 6.07) is 30.4. The quantitative estimate of drug-likeness (QED) is 0.287. The van der Waals surface area contributed by atoms with E-state index >= 15 is 0 Å². The molecule has 0 aliphatic rings. The number of aromatic nitrogens is 2. The van der Waals surface area contributed by atoms with E-state index < -0.39 is 0 Å². The van der Waals surface area contributed by atoms with Gasteiger partial charge in [-0.25, -0.2) is 9.37 Å². The summed E-state index contributed by atoms with van der Waals surface area (Å²) in [5.41, 5.74) is 6.16. The van der Waals surface area contributed by atoms with Crippen LogP contribution < -0.4 is 0 Å². The molecule has 0 aliphatic heterocycles. The van der Waals surface area contributed by atoms with Crippen LogP contribution in [0.25, 0.3) is 55.7 Å². The van der Waals surface area contributed by atoms with Crippen molar-refractivity contribution in [2.75, 3.05) is 0 Å². The molecule has 0 N–H and O–H groups in total. The first kappa shape index (κ1) is 19.8. The zero-order valence-corrected chi connectivity index (χ0v) is 17.9. The van der Waals surface area contributed by atoms with Crippen molar-refractivity contribution in [1.29, 1.82) is 5.26 Å². The summed E-state index contributed by atoms with van der Waals surface area (Å²) >= 11 is 0. The number of nitriles is 1. The van der Waals surface area contributed by atoms with Gasteiger partial charge in [0, 0.05) is 34.2 Å². The molecule has 0 saturated carbocycles. The van der Waals surface area contributed by atoms with E-state index in [1.54, 1.807) is 6.07 Å². The highest BCUT2D eigenvalue weighted by Crippen LogP contribution is 2.37. The molecule has 0 atom stereocenters. The van der Waals surface area contributed by atoms with Crippen LogP contribution in [0.1, 0.15) is 5.56 Å². The molecular formula is C29H16FN3O. The lowest BCUT2D eigenvalue weighted by Crippen LogP contribution is -1.90. The molecule has 0 fully saturated rings. The van der Waals surface area contributed by atoms with Gasteiger partial charge in [0.15, 0.2) is 0 Å². The van der Waals surface area contributed by atoms with Crippen molar-refractivity contribution in [2.45, 2.75) is 0 Å². The molecule has 5 heteroatoms. The first-order valence-corrected chi connectivity index (χ1v) is 10.8. The number of furan rings is 1. The van der Waals surface area contributed by atoms with Crippen LogP contribution in [0.2, 0.25) is 0 Å². The van der Waals surface area contributed by atoms with Gasteiger partial charge in [-0.15, -0.1) is 0 Å². The lowest BCUT2D eigenvalue weighted by Gasteiger charge is -2.06. The highest BCUT2D eigenvalue weighted by Gasteiger charge is 2.18. The van der Waals surface area contributed by atoms with Crippen LogP contribution in [0, 0.1) is 17.1 Å². The molecular weight excluding hydrogens is 425 g/mol. The van der Waals surface area contributed by atoms with Gasteiger partial charge >= 0.3 is 0 Å². The number of nitrogens with zero attached hydrogens (tertiary/aromatic N) is 3. The maximum Gasteiger partial charge on any atom is 0.227 e. The van der Waals surface area contributed by atoms with E-state index in [2.05, 4.69) is 23.2 Å². The van der Waals surface area contributed by atoms with Crippen molar-refractivity contribution in [2.24, 2.45) is 0 Å². The van der Waals surface area contributed by atoms with Crippen molar-refractivity contribution in [3.8, 4) is 39.7 Å². The Hall–Kier alpha value is -4.82.